The molecule has 0 amide bonds. The Morgan fingerprint density at radius 1 is 1.29 bits per heavy atom. The van der Waals surface area contributed by atoms with Crippen LogP contribution in [0.25, 0.3) is 0 Å². The lowest BCUT2D eigenvalue weighted by Crippen LogP contribution is -1.99. The number of rotatable bonds is 4. The molecule has 0 atom stereocenters. The van der Waals surface area contributed by atoms with E-state index in [-0.39, 0.29) is 10.7 Å². The van der Waals surface area contributed by atoms with Crippen LogP contribution in [0.1, 0.15) is 14.5 Å². The average Bonchev–Trinajstić information content (AvgIpc) is 2.77. The highest BCUT2D eigenvalue weighted by Gasteiger charge is 2.07. The zero-order valence-corrected chi connectivity index (χ0v) is 9.63. The molecule has 0 radical (unpaired) electrons. The number of benzene rings is 1. The largest absolute Gasteiger partial charge is 0.477 e. The molecule has 1 heterocycles. The molecular weight excluding hydrogens is 241 g/mol. The Kier molecular flexibility index (Phi) is 3.39. The summed E-state index contributed by atoms with van der Waals surface area (Å²) in [4.78, 5) is 11.8. The van der Waals surface area contributed by atoms with E-state index in [1.807, 2.05) is 0 Å². The van der Waals surface area contributed by atoms with Crippen molar-refractivity contribution in [2.24, 2.45) is 0 Å². The van der Waals surface area contributed by atoms with Gasteiger partial charge in [0.2, 0.25) is 0 Å². The molecule has 0 saturated carbocycles. The summed E-state index contributed by atoms with van der Waals surface area (Å²) in [6.07, 6.45) is 0. The summed E-state index contributed by atoms with van der Waals surface area (Å²) >= 11 is 1.18. The summed E-state index contributed by atoms with van der Waals surface area (Å²) < 4.78 is 13.3. The molecule has 2 rings (SSSR count). The second-order valence-corrected chi connectivity index (χ2v) is 4.57. The second kappa shape index (κ2) is 4.97. The molecule has 0 aliphatic rings. The third kappa shape index (κ3) is 2.82. The smallest absolute Gasteiger partial charge is 0.345 e. The molecule has 3 nitrogen and oxygen atoms in total. The van der Waals surface area contributed by atoms with Gasteiger partial charge >= 0.3 is 5.97 Å². The van der Waals surface area contributed by atoms with E-state index in [2.05, 4.69) is 5.32 Å². The van der Waals surface area contributed by atoms with Gasteiger partial charge in [0, 0.05) is 11.4 Å². The Labute approximate surface area is 102 Å². The fourth-order valence-electron chi connectivity index (χ4n) is 1.37. The van der Waals surface area contributed by atoms with Gasteiger partial charge in [0.1, 0.15) is 10.7 Å². The second-order valence-electron chi connectivity index (χ2n) is 3.40. The van der Waals surface area contributed by atoms with Crippen molar-refractivity contribution in [1.29, 1.82) is 0 Å². The number of hydrogen-bond acceptors (Lipinski definition) is 3. The van der Waals surface area contributed by atoms with E-state index >= 15 is 0 Å². The molecule has 0 aliphatic heterocycles. The fourth-order valence-corrected chi connectivity index (χ4v) is 2.16. The van der Waals surface area contributed by atoms with E-state index in [0.29, 0.717) is 12.2 Å². The minimum Gasteiger partial charge on any atom is -0.477 e. The highest BCUT2D eigenvalue weighted by Crippen LogP contribution is 2.19. The molecule has 0 saturated heterocycles. The van der Waals surface area contributed by atoms with E-state index in [1.165, 1.54) is 17.4 Å². The summed E-state index contributed by atoms with van der Waals surface area (Å²) in [5, 5.41) is 11.7. The highest BCUT2D eigenvalue weighted by molar-refractivity contribution is 7.13. The molecule has 1 aromatic heterocycles. The number of carbonyl (C=O) groups is 1. The number of nitrogens with one attached hydrogen (secondary N) is 1. The van der Waals surface area contributed by atoms with Crippen molar-refractivity contribution < 1.29 is 14.3 Å². The zero-order chi connectivity index (χ0) is 12.3. The molecule has 0 fully saturated rings. The van der Waals surface area contributed by atoms with Crippen LogP contribution in [0.5, 0.6) is 0 Å². The molecular formula is C12H10FNO2S. The Morgan fingerprint density at radius 2 is 2.06 bits per heavy atom. The van der Waals surface area contributed by atoms with Gasteiger partial charge in [-0.05, 0) is 24.3 Å². The maximum Gasteiger partial charge on any atom is 0.345 e. The van der Waals surface area contributed by atoms with Crippen LogP contribution in [0.4, 0.5) is 10.1 Å². The van der Waals surface area contributed by atoms with Gasteiger partial charge in [-0.2, -0.15) is 0 Å². The van der Waals surface area contributed by atoms with Gasteiger partial charge in [0.05, 0.1) is 5.69 Å². The van der Waals surface area contributed by atoms with Gasteiger partial charge in [-0.1, -0.05) is 12.1 Å². The quantitative estimate of drug-likeness (QED) is 0.877. The molecule has 0 unspecified atom stereocenters. The van der Waals surface area contributed by atoms with Crippen LogP contribution in [0, 0.1) is 5.82 Å². The van der Waals surface area contributed by atoms with Crippen LogP contribution in [0.2, 0.25) is 0 Å². The molecule has 5 heteroatoms. The minimum atomic E-state index is -0.938. The SMILES string of the molecule is O=C(O)c1ccc(CNc2ccccc2F)s1. The summed E-state index contributed by atoms with van der Waals surface area (Å²) in [6, 6.07) is 9.64. The van der Waals surface area contributed by atoms with Gasteiger partial charge in [-0.3, -0.25) is 0 Å². The van der Waals surface area contributed by atoms with E-state index in [4.69, 9.17) is 5.11 Å². The molecule has 2 N–H and O–H groups in total. The lowest BCUT2D eigenvalue weighted by Gasteiger charge is -2.05. The molecule has 1 aromatic carbocycles. The normalized spacial score (nSPS) is 10.2. The first-order chi connectivity index (χ1) is 8.16. The van der Waals surface area contributed by atoms with Crippen LogP contribution < -0.4 is 5.32 Å². The van der Waals surface area contributed by atoms with Crippen LogP contribution in [-0.4, -0.2) is 11.1 Å². The number of hydrogen-bond donors (Lipinski definition) is 2. The van der Waals surface area contributed by atoms with Crippen LogP contribution in [-0.2, 0) is 6.54 Å². The number of para-hydroxylation sites is 1. The Hall–Kier alpha value is -1.88. The van der Waals surface area contributed by atoms with E-state index in [1.54, 1.807) is 30.3 Å². The van der Waals surface area contributed by atoms with Crippen LogP contribution in [0.15, 0.2) is 36.4 Å². The van der Waals surface area contributed by atoms with E-state index in [0.717, 1.165) is 4.88 Å². The first kappa shape index (κ1) is 11.6. The average molecular weight is 251 g/mol. The summed E-state index contributed by atoms with van der Waals surface area (Å²) in [6.45, 7) is 0.416. The number of halogens is 1. The predicted octanol–water partition coefficient (Wildman–Crippen LogP) is 3.20. The number of aromatic carboxylic acids is 1. The topological polar surface area (TPSA) is 49.3 Å². The van der Waals surface area contributed by atoms with Crippen molar-refractivity contribution in [1.82, 2.24) is 0 Å². The standard InChI is InChI=1S/C12H10FNO2S/c13-9-3-1-2-4-10(9)14-7-8-5-6-11(17-8)12(15)16/h1-6,14H,7H2,(H,15,16). The summed E-state index contributed by atoms with van der Waals surface area (Å²) in [5.41, 5.74) is 0.415. The van der Waals surface area contributed by atoms with Crippen molar-refractivity contribution in [2.75, 3.05) is 5.32 Å². The molecule has 88 valence electrons. The number of thiophene rings is 1. The van der Waals surface area contributed by atoms with Gasteiger partial charge in [-0.15, -0.1) is 11.3 Å². The van der Waals surface area contributed by atoms with Gasteiger partial charge in [0.15, 0.2) is 0 Å². The first-order valence-corrected chi connectivity index (χ1v) is 5.79. The van der Waals surface area contributed by atoms with Crippen molar-refractivity contribution in [3.05, 3.63) is 52.0 Å². The number of carboxylic acids is 1. The summed E-state index contributed by atoms with van der Waals surface area (Å²) in [7, 11) is 0. The maximum atomic E-state index is 13.3. The Balaban J connectivity index is 2.02. The third-order valence-electron chi connectivity index (χ3n) is 2.20. The molecule has 0 spiro atoms. The third-order valence-corrected chi connectivity index (χ3v) is 3.27. The van der Waals surface area contributed by atoms with Gasteiger partial charge < -0.3 is 10.4 Å². The van der Waals surface area contributed by atoms with Crippen LogP contribution >= 0.6 is 11.3 Å². The van der Waals surface area contributed by atoms with Crippen molar-refractivity contribution in [3.8, 4) is 0 Å². The maximum absolute atomic E-state index is 13.3. The molecule has 0 bridgehead atoms. The zero-order valence-electron chi connectivity index (χ0n) is 8.81. The van der Waals surface area contributed by atoms with E-state index < -0.39 is 5.97 Å². The lowest BCUT2D eigenvalue weighted by molar-refractivity contribution is 0.0702. The fraction of sp³-hybridized carbons (Fsp3) is 0.0833. The number of anilines is 1. The predicted molar refractivity (Wildman–Crippen MR) is 65.0 cm³/mol. The molecule has 2 aromatic rings. The molecule has 17 heavy (non-hydrogen) atoms. The minimum absolute atomic E-state index is 0.287. The van der Waals surface area contributed by atoms with Gasteiger partial charge in [0.25, 0.3) is 0 Å². The molecule has 0 aliphatic carbocycles. The van der Waals surface area contributed by atoms with E-state index in [9.17, 15) is 9.18 Å². The first-order valence-electron chi connectivity index (χ1n) is 4.97. The Bertz CT molecular complexity index is 539. The monoisotopic (exact) mass is 251 g/mol. The van der Waals surface area contributed by atoms with Crippen molar-refractivity contribution in [2.45, 2.75) is 6.54 Å². The summed E-state index contributed by atoms with van der Waals surface area (Å²) in [5.74, 6) is -1.25. The number of carboxylic acid groups (broad SMARTS) is 1. The van der Waals surface area contributed by atoms with Gasteiger partial charge in [-0.25, -0.2) is 9.18 Å². The van der Waals surface area contributed by atoms with Crippen molar-refractivity contribution in [3.63, 3.8) is 0 Å². The van der Waals surface area contributed by atoms with Crippen molar-refractivity contribution >= 4 is 23.0 Å². The highest BCUT2D eigenvalue weighted by atomic mass is 32.1. The Morgan fingerprint density at radius 3 is 2.71 bits per heavy atom. The van der Waals surface area contributed by atoms with Crippen LogP contribution in [0.3, 0.4) is 0 Å². The lowest BCUT2D eigenvalue weighted by atomic mass is 10.3.